The predicted octanol–water partition coefficient (Wildman–Crippen LogP) is 3.14. The summed E-state index contributed by atoms with van der Waals surface area (Å²) in [6.07, 6.45) is 1.65. The van der Waals surface area contributed by atoms with Crippen molar-refractivity contribution in [1.29, 1.82) is 0 Å². The van der Waals surface area contributed by atoms with Gasteiger partial charge in [0, 0.05) is 18.5 Å². The first kappa shape index (κ1) is 24.3. The number of hydrogen-bond donors (Lipinski definition) is 1. The fraction of sp³-hybridized carbons (Fsp3) is 0.409. The number of nitrogens with zero attached hydrogens (tertiary/aromatic N) is 1. The summed E-state index contributed by atoms with van der Waals surface area (Å²) in [6, 6.07) is 12.0. The molecule has 9 heteroatoms. The van der Waals surface area contributed by atoms with Crippen molar-refractivity contribution >= 4 is 21.6 Å². The summed E-state index contributed by atoms with van der Waals surface area (Å²) in [5.74, 6) is 1.58. The number of sulfonamides is 1. The van der Waals surface area contributed by atoms with Crippen molar-refractivity contribution in [2.45, 2.75) is 25.8 Å². The average molecular weight is 451 g/mol. The number of benzene rings is 2. The first-order valence-electron chi connectivity index (χ1n) is 9.83. The second-order valence-electron chi connectivity index (χ2n) is 7.01. The van der Waals surface area contributed by atoms with Crippen LogP contribution in [0.2, 0.25) is 0 Å². The molecule has 0 aliphatic rings. The van der Waals surface area contributed by atoms with Gasteiger partial charge < -0.3 is 19.5 Å². The largest absolute Gasteiger partial charge is 0.497 e. The van der Waals surface area contributed by atoms with Gasteiger partial charge in [-0.05, 0) is 43.7 Å². The van der Waals surface area contributed by atoms with Gasteiger partial charge in [-0.25, -0.2) is 8.42 Å². The van der Waals surface area contributed by atoms with Crippen LogP contribution < -0.4 is 23.8 Å². The van der Waals surface area contributed by atoms with Gasteiger partial charge in [0.15, 0.2) is 0 Å². The van der Waals surface area contributed by atoms with Gasteiger partial charge in [0.05, 0.1) is 39.3 Å². The van der Waals surface area contributed by atoms with E-state index in [0.29, 0.717) is 29.4 Å². The number of nitrogens with one attached hydrogen (secondary N) is 1. The zero-order valence-electron chi connectivity index (χ0n) is 18.5. The second kappa shape index (κ2) is 10.9. The monoisotopic (exact) mass is 450 g/mol. The van der Waals surface area contributed by atoms with Crippen LogP contribution in [0.15, 0.2) is 42.5 Å². The fourth-order valence-corrected chi connectivity index (χ4v) is 4.22. The number of para-hydroxylation sites is 2. The van der Waals surface area contributed by atoms with Crippen LogP contribution in [-0.2, 0) is 14.8 Å². The summed E-state index contributed by atoms with van der Waals surface area (Å²) in [5.41, 5.74) is 1.24. The van der Waals surface area contributed by atoms with Gasteiger partial charge in [0.1, 0.15) is 17.2 Å². The highest BCUT2D eigenvalue weighted by Crippen LogP contribution is 2.30. The molecule has 2 aromatic rings. The SMILES string of the molecule is COc1ccc(OC)c(C(C)NC(=O)CCCN(c2ccccc2OC)S(C)(=O)=O)c1. The van der Waals surface area contributed by atoms with Crippen LogP contribution in [0.3, 0.4) is 0 Å². The molecule has 0 aromatic heterocycles. The Kier molecular flexibility index (Phi) is 8.56. The van der Waals surface area contributed by atoms with Crippen molar-refractivity contribution in [2.24, 2.45) is 0 Å². The molecule has 31 heavy (non-hydrogen) atoms. The number of amides is 1. The molecule has 0 radical (unpaired) electrons. The Hall–Kier alpha value is -2.94. The molecule has 1 unspecified atom stereocenters. The van der Waals surface area contributed by atoms with Crippen molar-refractivity contribution in [3.8, 4) is 17.2 Å². The molecule has 0 aliphatic carbocycles. The molecule has 0 saturated heterocycles. The van der Waals surface area contributed by atoms with Crippen molar-refractivity contribution in [3.63, 3.8) is 0 Å². The molecule has 2 aromatic carbocycles. The third-order valence-corrected chi connectivity index (χ3v) is 5.98. The lowest BCUT2D eigenvalue weighted by molar-refractivity contribution is -0.121. The minimum Gasteiger partial charge on any atom is -0.497 e. The number of carbonyl (C=O) groups is 1. The van der Waals surface area contributed by atoms with E-state index >= 15 is 0 Å². The second-order valence-corrected chi connectivity index (χ2v) is 8.91. The molecule has 1 N–H and O–H groups in total. The molecule has 0 heterocycles. The van der Waals surface area contributed by atoms with E-state index in [4.69, 9.17) is 14.2 Å². The van der Waals surface area contributed by atoms with Crippen LogP contribution in [0.25, 0.3) is 0 Å². The van der Waals surface area contributed by atoms with Gasteiger partial charge in [-0.3, -0.25) is 9.10 Å². The van der Waals surface area contributed by atoms with Crippen LogP contribution in [-0.4, -0.2) is 48.5 Å². The van der Waals surface area contributed by atoms with Gasteiger partial charge in [0.25, 0.3) is 0 Å². The molecule has 1 amide bonds. The highest BCUT2D eigenvalue weighted by atomic mass is 32.2. The van der Waals surface area contributed by atoms with E-state index in [1.165, 1.54) is 11.4 Å². The Labute approximate surface area is 184 Å². The van der Waals surface area contributed by atoms with Gasteiger partial charge >= 0.3 is 0 Å². The lowest BCUT2D eigenvalue weighted by Gasteiger charge is -2.24. The molecule has 0 aliphatic heterocycles. The summed E-state index contributed by atoms with van der Waals surface area (Å²) >= 11 is 0. The maximum absolute atomic E-state index is 12.5. The summed E-state index contributed by atoms with van der Waals surface area (Å²) < 4.78 is 41.8. The van der Waals surface area contributed by atoms with Crippen LogP contribution >= 0.6 is 0 Å². The van der Waals surface area contributed by atoms with E-state index in [0.717, 1.165) is 11.8 Å². The predicted molar refractivity (Wildman–Crippen MR) is 121 cm³/mol. The average Bonchev–Trinajstić information content (AvgIpc) is 2.75. The van der Waals surface area contributed by atoms with E-state index in [-0.39, 0.29) is 24.9 Å². The van der Waals surface area contributed by atoms with Crippen LogP contribution in [0.1, 0.15) is 31.4 Å². The molecular weight excluding hydrogens is 420 g/mol. The number of methoxy groups -OCH3 is 3. The van der Waals surface area contributed by atoms with E-state index in [9.17, 15) is 13.2 Å². The Morgan fingerprint density at radius 2 is 1.71 bits per heavy atom. The molecule has 2 rings (SSSR count). The topological polar surface area (TPSA) is 94.2 Å². The zero-order chi connectivity index (χ0) is 23.0. The first-order valence-corrected chi connectivity index (χ1v) is 11.7. The molecule has 1 atom stereocenters. The lowest BCUT2D eigenvalue weighted by Crippen LogP contribution is -2.33. The lowest BCUT2D eigenvalue weighted by atomic mass is 10.1. The Bertz CT molecular complexity index is 993. The van der Waals surface area contributed by atoms with Crippen LogP contribution in [0.4, 0.5) is 5.69 Å². The number of rotatable bonds is 11. The molecule has 170 valence electrons. The molecule has 0 saturated carbocycles. The van der Waals surface area contributed by atoms with Crippen molar-refractivity contribution in [1.82, 2.24) is 5.32 Å². The molecule has 0 bridgehead atoms. The van der Waals surface area contributed by atoms with Crippen LogP contribution in [0.5, 0.6) is 17.2 Å². The Morgan fingerprint density at radius 1 is 1.03 bits per heavy atom. The van der Waals surface area contributed by atoms with Gasteiger partial charge in [-0.2, -0.15) is 0 Å². The minimum absolute atomic E-state index is 0.156. The van der Waals surface area contributed by atoms with Crippen molar-refractivity contribution in [2.75, 3.05) is 38.4 Å². The van der Waals surface area contributed by atoms with Gasteiger partial charge in [-0.15, -0.1) is 0 Å². The van der Waals surface area contributed by atoms with Crippen molar-refractivity contribution in [3.05, 3.63) is 48.0 Å². The number of hydrogen-bond acceptors (Lipinski definition) is 6. The Morgan fingerprint density at radius 3 is 2.32 bits per heavy atom. The van der Waals surface area contributed by atoms with Gasteiger partial charge in [0.2, 0.25) is 15.9 Å². The third kappa shape index (κ3) is 6.52. The first-order chi connectivity index (χ1) is 14.7. The maximum Gasteiger partial charge on any atom is 0.232 e. The van der Waals surface area contributed by atoms with E-state index < -0.39 is 10.0 Å². The highest BCUT2D eigenvalue weighted by molar-refractivity contribution is 7.92. The minimum atomic E-state index is -3.54. The molecular formula is C22H30N2O6S. The van der Waals surface area contributed by atoms with E-state index in [1.807, 2.05) is 13.0 Å². The number of carbonyl (C=O) groups excluding carboxylic acids is 1. The van der Waals surface area contributed by atoms with E-state index in [1.54, 1.807) is 50.6 Å². The smallest absolute Gasteiger partial charge is 0.232 e. The van der Waals surface area contributed by atoms with Gasteiger partial charge in [-0.1, -0.05) is 12.1 Å². The highest BCUT2D eigenvalue weighted by Gasteiger charge is 2.21. The number of ether oxygens (including phenoxy) is 3. The maximum atomic E-state index is 12.5. The zero-order valence-corrected chi connectivity index (χ0v) is 19.4. The quantitative estimate of drug-likeness (QED) is 0.565. The summed E-state index contributed by atoms with van der Waals surface area (Å²) in [4.78, 5) is 12.5. The molecule has 8 nitrogen and oxygen atoms in total. The number of anilines is 1. The fourth-order valence-electron chi connectivity index (χ4n) is 3.25. The molecule has 0 spiro atoms. The third-order valence-electron chi connectivity index (χ3n) is 4.80. The summed E-state index contributed by atoms with van der Waals surface area (Å²) in [5, 5.41) is 2.93. The van der Waals surface area contributed by atoms with E-state index in [2.05, 4.69) is 5.32 Å². The molecule has 0 fully saturated rings. The van der Waals surface area contributed by atoms with Crippen LogP contribution in [0, 0.1) is 0 Å². The standard InChI is InChI=1S/C22H30N2O6S/c1-16(18-15-17(28-2)12-13-20(18)29-3)23-22(25)11-8-14-24(31(5,26)27)19-9-6-7-10-21(19)30-4/h6-7,9-10,12-13,15-16H,8,11,14H2,1-5H3,(H,23,25). The Balaban J connectivity index is 2.03. The summed E-state index contributed by atoms with van der Waals surface area (Å²) in [6.45, 7) is 2.01. The van der Waals surface area contributed by atoms with Crippen molar-refractivity contribution < 1.29 is 27.4 Å². The summed E-state index contributed by atoms with van der Waals surface area (Å²) in [7, 11) is 1.09. The normalized spacial score (nSPS) is 12.0.